The van der Waals surface area contributed by atoms with E-state index in [1.165, 1.54) is 20.0 Å². The number of esters is 1. The van der Waals surface area contributed by atoms with Gasteiger partial charge in [-0.05, 0) is 18.8 Å². The first-order chi connectivity index (χ1) is 5.27. The molecule has 0 saturated heterocycles. The van der Waals surface area contributed by atoms with E-state index in [0.717, 1.165) is 0 Å². The largest absolute Gasteiger partial charge is 0.469 e. The van der Waals surface area contributed by atoms with Crippen LogP contribution in [0.1, 0.15) is 19.3 Å². The van der Waals surface area contributed by atoms with E-state index in [9.17, 15) is 4.79 Å². The molecule has 1 saturated carbocycles. The van der Waals surface area contributed by atoms with Crippen LogP contribution in [0, 0.1) is 5.92 Å². The van der Waals surface area contributed by atoms with Gasteiger partial charge in [0.15, 0.2) is 0 Å². The molecule has 0 N–H and O–H groups in total. The average molecular weight is 158 g/mol. The third-order valence-electron chi connectivity index (χ3n) is 2.05. The minimum Gasteiger partial charge on any atom is -0.469 e. The average Bonchev–Trinajstić information content (AvgIpc) is 2.82. The van der Waals surface area contributed by atoms with E-state index >= 15 is 0 Å². The summed E-state index contributed by atoms with van der Waals surface area (Å²) in [5.74, 6) is 0.419. The zero-order chi connectivity index (χ0) is 8.27. The predicted octanol–water partition coefficient (Wildman–Crippen LogP) is 0.974. The van der Waals surface area contributed by atoms with Crippen LogP contribution in [-0.2, 0) is 14.3 Å². The van der Waals surface area contributed by atoms with E-state index in [1.807, 2.05) is 0 Å². The lowest BCUT2D eigenvalue weighted by Crippen LogP contribution is -2.18. The van der Waals surface area contributed by atoms with E-state index in [-0.39, 0.29) is 12.1 Å². The van der Waals surface area contributed by atoms with Crippen molar-refractivity contribution >= 4 is 5.97 Å². The fraction of sp³-hybridized carbons (Fsp3) is 0.875. The van der Waals surface area contributed by atoms with Crippen LogP contribution in [0.25, 0.3) is 0 Å². The molecule has 0 spiro atoms. The third kappa shape index (κ3) is 2.50. The van der Waals surface area contributed by atoms with Crippen molar-refractivity contribution in [2.45, 2.75) is 25.4 Å². The molecule has 1 fully saturated rings. The molecule has 0 aliphatic heterocycles. The minimum atomic E-state index is -0.177. The fourth-order valence-electron chi connectivity index (χ4n) is 1.16. The Balaban J connectivity index is 2.25. The molecule has 3 heteroatoms. The number of rotatable bonds is 4. The lowest BCUT2D eigenvalue weighted by Gasteiger charge is -2.11. The predicted molar refractivity (Wildman–Crippen MR) is 40.2 cm³/mol. The van der Waals surface area contributed by atoms with Crippen LogP contribution >= 0.6 is 0 Å². The van der Waals surface area contributed by atoms with E-state index < -0.39 is 0 Å². The van der Waals surface area contributed by atoms with Crippen LogP contribution in [0.3, 0.4) is 0 Å². The molecule has 0 amide bonds. The molecule has 0 radical (unpaired) electrons. The summed E-state index contributed by atoms with van der Waals surface area (Å²) in [5, 5.41) is 0. The molecule has 1 atom stereocenters. The van der Waals surface area contributed by atoms with Gasteiger partial charge in [-0.1, -0.05) is 0 Å². The number of ether oxygens (including phenoxy) is 2. The highest BCUT2D eigenvalue weighted by atomic mass is 16.5. The number of methoxy groups -OCH3 is 2. The van der Waals surface area contributed by atoms with Gasteiger partial charge in [-0.15, -0.1) is 0 Å². The SMILES string of the molecule is COC(=O)CC(OC)C1CC1. The zero-order valence-electron chi connectivity index (χ0n) is 7.00. The van der Waals surface area contributed by atoms with Crippen LogP contribution in [-0.4, -0.2) is 26.3 Å². The first kappa shape index (κ1) is 8.53. The van der Waals surface area contributed by atoms with E-state index in [2.05, 4.69) is 4.74 Å². The molecule has 0 bridgehead atoms. The van der Waals surface area contributed by atoms with E-state index in [0.29, 0.717) is 12.3 Å². The summed E-state index contributed by atoms with van der Waals surface area (Å²) in [6.07, 6.45) is 2.87. The molecule has 0 aromatic heterocycles. The summed E-state index contributed by atoms with van der Waals surface area (Å²) < 4.78 is 9.69. The molecule has 0 heterocycles. The molecule has 1 aliphatic carbocycles. The minimum absolute atomic E-state index is 0.0856. The van der Waals surface area contributed by atoms with Crippen molar-refractivity contribution in [2.24, 2.45) is 5.92 Å². The van der Waals surface area contributed by atoms with Crippen LogP contribution in [0.5, 0.6) is 0 Å². The third-order valence-corrected chi connectivity index (χ3v) is 2.05. The Morgan fingerprint density at radius 2 is 2.18 bits per heavy atom. The van der Waals surface area contributed by atoms with Crippen molar-refractivity contribution < 1.29 is 14.3 Å². The molecule has 1 aliphatic rings. The zero-order valence-corrected chi connectivity index (χ0v) is 7.00. The topological polar surface area (TPSA) is 35.5 Å². The van der Waals surface area contributed by atoms with Crippen LogP contribution in [0.15, 0.2) is 0 Å². The molecule has 1 unspecified atom stereocenters. The maximum absolute atomic E-state index is 10.8. The summed E-state index contributed by atoms with van der Waals surface area (Å²) >= 11 is 0. The second-order valence-corrected chi connectivity index (χ2v) is 2.89. The van der Waals surface area contributed by atoms with Gasteiger partial charge in [0.05, 0.1) is 19.6 Å². The summed E-state index contributed by atoms with van der Waals surface area (Å²) in [4.78, 5) is 10.8. The maximum atomic E-state index is 10.8. The van der Waals surface area contributed by atoms with Crippen LogP contribution in [0.4, 0.5) is 0 Å². The lowest BCUT2D eigenvalue weighted by molar-refractivity contribution is -0.143. The highest BCUT2D eigenvalue weighted by Crippen LogP contribution is 2.35. The number of hydrogen-bond donors (Lipinski definition) is 0. The van der Waals surface area contributed by atoms with Crippen molar-refractivity contribution in [1.29, 1.82) is 0 Å². The maximum Gasteiger partial charge on any atom is 0.308 e. The molecule has 64 valence electrons. The number of hydrogen-bond acceptors (Lipinski definition) is 3. The molecular formula is C8H14O3. The Bertz CT molecular complexity index is 140. The highest BCUT2D eigenvalue weighted by molar-refractivity contribution is 5.69. The molecular weight excluding hydrogens is 144 g/mol. The van der Waals surface area contributed by atoms with Gasteiger partial charge in [-0.3, -0.25) is 4.79 Å². The van der Waals surface area contributed by atoms with Gasteiger partial charge < -0.3 is 9.47 Å². The number of carbonyl (C=O) groups excluding carboxylic acids is 1. The second-order valence-electron chi connectivity index (χ2n) is 2.89. The van der Waals surface area contributed by atoms with Crippen LogP contribution < -0.4 is 0 Å². The Morgan fingerprint density at radius 1 is 1.55 bits per heavy atom. The Morgan fingerprint density at radius 3 is 2.55 bits per heavy atom. The molecule has 1 rings (SSSR count). The molecule has 0 aromatic carbocycles. The van der Waals surface area contributed by atoms with Crippen molar-refractivity contribution in [2.75, 3.05) is 14.2 Å². The van der Waals surface area contributed by atoms with Gasteiger partial charge in [0.1, 0.15) is 0 Å². The summed E-state index contributed by atoms with van der Waals surface area (Å²) in [5.41, 5.74) is 0. The monoisotopic (exact) mass is 158 g/mol. The van der Waals surface area contributed by atoms with E-state index in [1.54, 1.807) is 7.11 Å². The van der Waals surface area contributed by atoms with Crippen molar-refractivity contribution in [3.8, 4) is 0 Å². The van der Waals surface area contributed by atoms with Gasteiger partial charge in [-0.25, -0.2) is 0 Å². The smallest absolute Gasteiger partial charge is 0.308 e. The first-order valence-electron chi connectivity index (χ1n) is 3.87. The Hall–Kier alpha value is -0.570. The summed E-state index contributed by atoms with van der Waals surface area (Å²) in [6, 6.07) is 0. The molecule has 3 nitrogen and oxygen atoms in total. The Kier molecular flexibility index (Phi) is 2.88. The second kappa shape index (κ2) is 3.72. The van der Waals surface area contributed by atoms with Gasteiger partial charge in [-0.2, -0.15) is 0 Å². The van der Waals surface area contributed by atoms with Gasteiger partial charge in [0.2, 0.25) is 0 Å². The van der Waals surface area contributed by atoms with Crippen molar-refractivity contribution in [3.63, 3.8) is 0 Å². The van der Waals surface area contributed by atoms with Gasteiger partial charge >= 0.3 is 5.97 Å². The highest BCUT2D eigenvalue weighted by Gasteiger charge is 2.32. The summed E-state index contributed by atoms with van der Waals surface area (Å²) in [6.45, 7) is 0. The lowest BCUT2D eigenvalue weighted by atomic mass is 10.2. The standard InChI is InChI=1S/C8H14O3/c1-10-7(6-3-4-6)5-8(9)11-2/h6-7H,3-5H2,1-2H3. The van der Waals surface area contributed by atoms with Gasteiger partial charge in [0, 0.05) is 7.11 Å². The normalized spacial score (nSPS) is 19.5. The van der Waals surface area contributed by atoms with Crippen molar-refractivity contribution in [1.82, 2.24) is 0 Å². The van der Waals surface area contributed by atoms with Crippen LogP contribution in [0.2, 0.25) is 0 Å². The summed E-state index contributed by atoms with van der Waals surface area (Å²) in [7, 11) is 3.05. The molecule has 0 aromatic rings. The first-order valence-corrected chi connectivity index (χ1v) is 3.87. The number of carbonyl (C=O) groups is 1. The quantitative estimate of drug-likeness (QED) is 0.572. The Labute approximate surface area is 66.7 Å². The van der Waals surface area contributed by atoms with E-state index in [4.69, 9.17) is 4.74 Å². The fourth-order valence-corrected chi connectivity index (χ4v) is 1.16. The van der Waals surface area contributed by atoms with Gasteiger partial charge in [0.25, 0.3) is 0 Å². The molecule has 11 heavy (non-hydrogen) atoms. The van der Waals surface area contributed by atoms with Crippen molar-refractivity contribution in [3.05, 3.63) is 0 Å².